The van der Waals surface area contributed by atoms with E-state index in [4.69, 9.17) is 11.6 Å². The molecule has 1 saturated heterocycles. The Bertz CT molecular complexity index is 1070. The summed E-state index contributed by atoms with van der Waals surface area (Å²) in [5.74, 6) is 1.11. The Morgan fingerprint density at radius 3 is 2.75 bits per heavy atom. The van der Waals surface area contributed by atoms with Gasteiger partial charge in [0.05, 0.1) is 5.52 Å². The average Bonchev–Trinajstić information content (AvgIpc) is 2.73. The normalized spacial score (nSPS) is 16.3. The monoisotopic (exact) mass is 417 g/mol. The number of sulfonamides is 1. The average molecular weight is 418 g/mol. The zero-order valence-corrected chi connectivity index (χ0v) is 16.7. The highest BCUT2D eigenvalue weighted by Gasteiger charge is 2.29. The van der Waals surface area contributed by atoms with E-state index in [1.165, 1.54) is 12.5 Å². The van der Waals surface area contributed by atoms with Crippen LogP contribution in [0.1, 0.15) is 12.8 Å². The lowest BCUT2D eigenvalue weighted by Crippen LogP contribution is -2.39. The molecule has 0 amide bonds. The standard InChI is InChI=1S/C19H20ClN5O2S/c20-15-3-4-18-17(10-15)19(24-13-23-18)22-11-14-5-8-25(9-6-14)28(26,27)16-2-1-7-21-12-16/h1-4,7,10,12-14H,5-6,8-9,11H2,(H,22,23,24). The van der Waals surface area contributed by atoms with E-state index >= 15 is 0 Å². The largest absolute Gasteiger partial charge is 0.369 e. The molecular weight excluding hydrogens is 398 g/mol. The van der Waals surface area contributed by atoms with Gasteiger partial charge in [-0.1, -0.05) is 11.6 Å². The Kier molecular flexibility index (Phi) is 5.43. The van der Waals surface area contributed by atoms with Gasteiger partial charge in [-0.3, -0.25) is 4.98 Å². The Hall–Kier alpha value is -2.29. The number of anilines is 1. The summed E-state index contributed by atoms with van der Waals surface area (Å²) in [6.45, 7) is 1.72. The topological polar surface area (TPSA) is 88.1 Å². The molecule has 4 rings (SSSR count). The highest BCUT2D eigenvalue weighted by Crippen LogP contribution is 2.26. The van der Waals surface area contributed by atoms with E-state index in [9.17, 15) is 8.42 Å². The minimum Gasteiger partial charge on any atom is -0.369 e. The quantitative estimate of drug-likeness (QED) is 0.685. The Labute approximate surface area is 168 Å². The summed E-state index contributed by atoms with van der Waals surface area (Å²) in [7, 11) is -3.47. The van der Waals surface area contributed by atoms with Gasteiger partial charge in [-0.15, -0.1) is 0 Å². The molecule has 9 heteroatoms. The maximum atomic E-state index is 12.7. The van der Waals surface area contributed by atoms with Gasteiger partial charge in [0.1, 0.15) is 17.0 Å². The lowest BCUT2D eigenvalue weighted by molar-refractivity contribution is 0.282. The van der Waals surface area contributed by atoms with Gasteiger partial charge in [-0.25, -0.2) is 18.4 Å². The number of hydrogen-bond acceptors (Lipinski definition) is 6. The van der Waals surface area contributed by atoms with Crippen molar-refractivity contribution >= 4 is 38.3 Å². The van der Waals surface area contributed by atoms with Gasteiger partial charge >= 0.3 is 0 Å². The smallest absolute Gasteiger partial charge is 0.244 e. The van der Waals surface area contributed by atoms with Crippen molar-refractivity contribution in [1.29, 1.82) is 0 Å². The highest BCUT2D eigenvalue weighted by molar-refractivity contribution is 7.89. The highest BCUT2D eigenvalue weighted by atomic mass is 35.5. The van der Waals surface area contributed by atoms with E-state index in [1.54, 1.807) is 28.7 Å². The minimum absolute atomic E-state index is 0.246. The van der Waals surface area contributed by atoms with Crippen LogP contribution in [0.15, 0.2) is 53.9 Å². The van der Waals surface area contributed by atoms with Crippen molar-refractivity contribution in [2.75, 3.05) is 25.0 Å². The number of rotatable bonds is 5. The van der Waals surface area contributed by atoms with Crippen molar-refractivity contribution in [1.82, 2.24) is 19.3 Å². The maximum absolute atomic E-state index is 12.7. The summed E-state index contributed by atoms with van der Waals surface area (Å²) < 4.78 is 26.9. The zero-order valence-electron chi connectivity index (χ0n) is 15.1. The predicted molar refractivity (Wildman–Crippen MR) is 109 cm³/mol. The van der Waals surface area contributed by atoms with Crippen LogP contribution in [0.2, 0.25) is 5.02 Å². The van der Waals surface area contributed by atoms with Crippen LogP contribution in [0.3, 0.4) is 0 Å². The van der Waals surface area contributed by atoms with Gasteiger partial charge in [0.15, 0.2) is 0 Å². The first-order valence-electron chi connectivity index (χ1n) is 9.08. The summed E-state index contributed by atoms with van der Waals surface area (Å²) in [5, 5.41) is 4.90. The lowest BCUT2D eigenvalue weighted by Gasteiger charge is -2.31. The van der Waals surface area contributed by atoms with E-state index < -0.39 is 10.0 Å². The third-order valence-corrected chi connectivity index (χ3v) is 7.12. The molecule has 3 aromatic rings. The molecule has 1 fully saturated rings. The number of aromatic nitrogens is 3. The fourth-order valence-electron chi connectivity index (χ4n) is 3.41. The van der Waals surface area contributed by atoms with Crippen molar-refractivity contribution in [3.8, 4) is 0 Å². The third kappa shape index (κ3) is 3.94. The van der Waals surface area contributed by atoms with Crippen LogP contribution in [-0.2, 0) is 10.0 Å². The second kappa shape index (κ2) is 7.98. The summed E-state index contributed by atoms with van der Waals surface area (Å²) in [6, 6.07) is 8.75. The first kappa shape index (κ1) is 19.0. The van der Waals surface area contributed by atoms with Gasteiger partial charge < -0.3 is 5.32 Å². The van der Waals surface area contributed by atoms with Crippen molar-refractivity contribution in [3.05, 3.63) is 54.1 Å². The van der Waals surface area contributed by atoms with Crippen LogP contribution < -0.4 is 5.32 Å². The summed E-state index contributed by atoms with van der Waals surface area (Å²) >= 11 is 6.10. The predicted octanol–water partition coefficient (Wildman–Crippen LogP) is 3.19. The van der Waals surface area contributed by atoms with Gasteiger partial charge in [-0.05, 0) is 49.1 Å². The zero-order chi connectivity index (χ0) is 19.6. The van der Waals surface area contributed by atoms with Gasteiger partial charge in [0.2, 0.25) is 10.0 Å². The molecule has 0 spiro atoms. The van der Waals surface area contributed by atoms with E-state index in [-0.39, 0.29) is 4.90 Å². The van der Waals surface area contributed by atoms with E-state index in [2.05, 4.69) is 20.3 Å². The SMILES string of the molecule is O=S(=O)(c1cccnc1)N1CCC(CNc2ncnc3ccc(Cl)cc23)CC1. The van der Waals surface area contributed by atoms with Crippen molar-refractivity contribution in [3.63, 3.8) is 0 Å². The number of halogens is 1. The van der Waals surface area contributed by atoms with Crippen molar-refractivity contribution in [2.24, 2.45) is 5.92 Å². The van der Waals surface area contributed by atoms with Gasteiger partial charge in [-0.2, -0.15) is 4.31 Å². The van der Waals surface area contributed by atoms with Crippen LogP contribution in [0.25, 0.3) is 10.9 Å². The molecule has 0 aliphatic carbocycles. The molecule has 7 nitrogen and oxygen atoms in total. The second-order valence-corrected chi connectivity index (χ2v) is 9.18. The van der Waals surface area contributed by atoms with E-state index in [0.29, 0.717) is 24.0 Å². The van der Waals surface area contributed by atoms with Crippen LogP contribution in [0.5, 0.6) is 0 Å². The number of benzene rings is 1. The molecule has 2 aromatic heterocycles. The van der Waals surface area contributed by atoms with E-state index in [0.717, 1.165) is 36.1 Å². The number of nitrogens with one attached hydrogen (secondary N) is 1. The first-order chi connectivity index (χ1) is 13.5. The van der Waals surface area contributed by atoms with Crippen molar-refractivity contribution in [2.45, 2.75) is 17.7 Å². The Morgan fingerprint density at radius 2 is 2.00 bits per heavy atom. The van der Waals surface area contributed by atoms with Gasteiger partial charge in [0.25, 0.3) is 0 Å². The molecule has 1 aliphatic heterocycles. The molecule has 0 bridgehead atoms. The molecule has 0 unspecified atom stereocenters. The van der Waals surface area contributed by atoms with E-state index in [1.807, 2.05) is 12.1 Å². The molecule has 146 valence electrons. The fraction of sp³-hybridized carbons (Fsp3) is 0.316. The number of nitrogens with zero attached hydrogens (tertiary/aromatic N) is 4. The second-order valence-electron chi connectivity index (χ2n) is 6.80. The lowest BCUT2D eigenvalue weighted by atomic mass is 9.98. The molecule has 0 saturated carbocycles. The first-order valence-corrected chi connectivity index (χ1v) is 10.9. The summed E-state index contributed by atoms with van der Waals surface area (Å²) in [4.78, 5) is 12.8. The molecule has 1 N–H and O–H groups in total. The third-order valence-electron chi connectivity index (χ3n) is 5.00. The molecule has 28 heavy (non-hydrogen) atoms. The molecule has 1 aliphatic rings. The minimum atomic E-state index is -3.47. The molecule has 3 heterocycles. The molecular formula is C19H20ClN5O2S. The van der Waals surface area contributed by atoms with Crippen LogP contribution in [0, 0.1) is 5.92 Å². The molecule has 0 atom stereocenters. The molecule has 0 radical (unpaired) electrons. The van der Waals surface area contributed by atoms with Gasteiger partial charge in [0, 0.05) is 42.4 Å². The summed E-state index contributed by atoms with van der Waals surface area (Å²) in [6.07, 6.45) is 6.07. The van der Waals surface area contributed by atoms with Crippen LogP contribution in [-0.4, -0.2) is 47.3 Å². The summed E-state index contributed by atoms with van der Waals surface area (Å²) in [5.41, 5.74) is 0.833. The number of hydrogen-bond donors (Lipinski definition) is 1. The van der Waals surface area contributed by atoms with Crippen molar-refractivity contribution < 1.29 is 8.42 Å². The maximum Gasteiger partial charge on any atom is 0.244 e. The number of pyridine rings is 1. The molecule has 1 aromatic carbocycles. The fourth-order valence-corrected chi connectivity index (χ4v) is 5.02. The number of fused-ring (bicyclic) bond motifs is 1. The Balaban J connectivity index is 1.39. The van der Waals surface area contributed by atoms with Crippen LogP contribution in [0.4, 0.5) is 5.82 Å². The van der Waals surface area contributed by atoms with Crippen LogP contribution >= 0.6 is 11.6 Å². The number of piperidine rings is 1. The Morgan fingerprint density at radius 1 is 1.18 bits per heavy atom.